The van der Waals surface area contributed by atoms with Gasteiger partial charge in [0.05, 0.1) is 5.60 Å². The fraction of sp³-hybridized carbons (Fsp3) is 0.455. The van der Waals surface area contributed by atoms with Crippen LogP contribution in [-0.4, -0.2) is 5.11 Å². The summed E-state index contributed by atoms with van der Waals surface area (Å²) in [7, 11) is 0. The molecule has 0 unspecified atom stereocenters. The highest BCUT2D eigenvalue weighted by Crippen LogP contribution is 2.29. The van der Waals surface area contributed by atoms with Crippen LogP contribution in [0.5, 0.6) is 0 Å². The summed E-state index contributed by atoms with van der Waals surface area (Å²) in [5, 5.41) is 10.4. The third-order valence-electron chi connectivity index (χ3n) is 2.24. The van der Waals surface area contributed by atoms with Gasteiger partial charge in [-0.05, 0) is 44.9 Å². The number of benzene rings is 1. The average molecular weight is 199 g/mol. The van der Waals surface area contributed by atoms with Gasteiger partial charge in [-0.1, -0.05) is 17.7 Å². The topological polar surface area (TPSA) is 20.2 Å². The molecule has 0 fully saturated rings. The second kappa shape index (κ2) is 3.32. The molecule has 13 heavy (non-hydrogen) atoms. The van der Waals surface area contributed by atoms with Crippen LogP contribution in [0.25, 0.3) is 0 Å². The van der Waals surface area contributed by atoms with Crippen LogP contribution >= 0.6 is 11.6 Å². The van der Waals surface area contributed by atoms with Gasteiger partial charge in [0.15, 0.2) is 0 Å². The van der Waals surface area contributed by atoms with E-state index in [1.807, 2.05) is 26.0 Å². The molecule has 2 heteroatoms. The summed E-state index contributed by atoms with van der Waals surface area (Å²) in [4.78, 5) is 0. The van der Waals surface area contributed by atoms with Gasteiger partial charge in [0.1, 0.15) is 0 Å². The van der Waals surface area contributed by atoms with Crippen molar-refractivity contribution >= 4 is 11.6 Å². The third kappa shape index (κ3) is 2.23. The number of halogens is 1. The van der Waals surface area contributed by atoms with Crippen molar-refractivity contribution in [3.8, 4) is 0 Å². The highest BCUT2D eigenvalue weighted by Gasteiger charge is 2.19. The van der Waals surface area contributed by atoms with Gasteiger partial charge < -0.3 is 5.11 Å². The van der Waals surface area contributed by atoms with Crippen molar-refractivity contribution in [3.63, 3.8) is 0 Å². The van der Waals surface area contributed by atoms with Crippen LogP contribution in [0.3, 0.4) is 0 Å². The Morgan fingerprint density at radius 2 is 1.62 bits per heavy atom. The van der Waals surface area contributed by atoms with E-state index >= 15 is 0 Å². The van der Waals surface area contributed by atoms with E-state index < -0.39 is 5.60 Å². The molecule has 0 bridgehead atoms. The molecular weight excluding hydrogens is 184 g/mol. The van der Waals surface area contributed by atoms with Crippen LogP contribution in [-0.2, 0) is 5.60 Å². The smallest absolute Gasteiger partial charge is 0.0854 e. The lowest BCUT2D eigenvalue weighted by Crippen LogP contribution is -2.16. The van der Waals surface area contributed by atoms with Gasteiger partial charge in [-0.2, -0.15) is 0 Å². The van der Waals surface area contributed by atoms with Crippen molar-refractivity contribution in [1.29, 1.82) is 0 Å². The number of rotatable bonds is 1. The molecule has 0 atom stereocenters. The van der Waals surface area contributed by atoms with Crippen molar-refractivity contribution < 1.29 is 5.11 Å². The zero-order valence-electron chi connectivity index (χ0n) is 8.48. The molecule has 1 aromatic rings. The van der Waals surface area contributed by atoms with Crippen LogP contribution in [0.15, 0.2) is 12.1 Å². The lowest BCUT2D eigenvalue weighted by Gasteiger charge is -2.20. The highest BCUT2D eigenvalue weighted by atomic mass is 35.5. The normalized spacial score (nSPS) is 11.8. The summed E-state index contributed by atoms with van der Waals surface area (Å²) in [6.45, 7) is 7.50. The molecule has 0 aliphatic rings. The minimum Gasteiger partial charge on any atom is -0.386 e. The van der Waals surface area contributed by atoms with Gasteiger partial charge in [-0.3, -0.25) is 0 Å². The second-order valence-corrected chi connectivity index (χ2v) is 4.38. The monoisotopic (exact) mass is 198 g/mol. The highest BCUT2D eigenvalue weighted by molar-refractivity contribution is 6.31. The number of aryl methyl sites for hydroxylation is 2. The molecule has 1 nitrogen and oxygen atoms in total. The predicted molar refractivity (Wildman–Crippen MR) is 56.2 cm³/mol. The van der Waals surface area contributed by atoms with Gasteiger partial charge in [0, 0.05) is 10.6 Å². The Balaban J connectivity index is 3.32. The van der Waals surface area contributed by atoms with Gasteiger partial charge in [-0.15, -0.1) is 0 Å². The van der Waals surface area contributed by atoms with E-state index in [0.717, 1.165) is 16.7 Å². The first kappa shape index (κ1) is 10.6. The third-order valence-corrected chi connectivity index (χ3v) is 2.56. The Morgan fingerprint density at radius 1 is 1.15 bits per heavy atom. The molecule has 0 aromatic heterocycles. The van der Waals surface area contributed by atoms with Crippen LogP contribution < -0.4 is 0 Å². The molecule has 0 aliphatic carbocycles. The van der Waals surface area contributed by atoms with E-state index in [9.17, 15) is 5.11 Å². The number of aliphatic hydroxyl groups is 1. The van der Waals surface area contributed by atoms with Crippen LogP contribution in [0.2, 0.25) is 5.02 Å². The lowest BCUT2D eigenvalue weighted by molar-refractivity contribution is 0.0786. The maximum absolute atomic E-state index is 9.80. The van der Waals surface area contributed by atoms with Crippen LogP contribution in [0, 0.1) is 13.8 Å². The molecule has 0 aliphatic heterocycles. The maximum Gasteiger partial charge on any atom is 0.0854 e. The van der Waals surface area contributed by atoms with E-state index in [2.05, 4.69) is 0 Å². The maximum atomic E-state index is 9.80. The zero-order chi connectivity index (χ0) is 10.2. The summed E-state index contributed by atoms with van der Waals surface area (Å²) >= 11 is 6.03. The fourth-order valence-corrected chi connectivity index (χ4v) is 1.70. The second-order valence-electron chi connectivity index (χ2n) is 3.98. The Morgan fingerprint density at radius 3 is 2.08 bits per heavy atom. The van der Waals surface area contributed by atoms with E-state index in [1.165, 1.54) is 0 Å². The summed E-state index contributed by atoms with van der Waals surface area (Å²) < 4.78 is 0. The van der Waals surface area contributed by atoms with Gasteiger partial charge in [-0.25, -0.2) is 0 Å². The molecule has 0 heterocycles. The number of hydrogen-bond donors (Lipinski definition) is 1. The van der Waals surface area contributed by atoms with Crippen molar-refractivity contribution in [2.24, 2.45) is 0 Å². The van der Waals surface area contributed by atoms with Crippen molar-refractivity contribution in [3.05, 3.63) is 33.8 Å². The van der Waals surface area contributed by atoms with Crippen LogP contribution in [0.1, 0.15) is 30.5 Å². The first-order chi connectivity index (χ1) is 5.82. The Kier molecular flexibility index (Phi) is 2.69. The standard InChI is InChI=1S/C11H15ClO/c1-7-5-9(11(3,4)13)10(12)6-8(7)2/h5-6,13H,1-4H3. The fourth-order valence-electron chi connectivity index (χ4n) is 1.25. The molecular formula is C11H15ClO. The minimum absolute atomic E-state index is 0.635. The molecule has 1 rings (SSSR count). The summed E-state index contributed by atoms with van der Waals surface area (Å²) in [6.07, 6.45) is 0. The van der Waals surface area contributed by atoms with Gasteiger partial charge in [0.25, 0.3) is 0 Å². The molecule has 72 valence electrons. The quantitative estimate of drug-likeness (QED) is 0.735. The first-order valence-electron chi connectivity index (χ1n) is 4.32. The lowest BCUT2D eigenvalue weighted by atomic mass is 9.95. The van der Waals surface area contributed by atoms with Gasteiger partial charge >= 0.3 is 0 Å². The molecule has 0 spiro atoms. The predicted octanol–water partition coefficient (Wildman–Crippen LogP) is 3.18. The molecule has 0 amide bonds. The molecule has 0 radical (unpaired) electrons. The molecule has 0 saturated carbocycles. The van der Waals surface area contributed by atoms with Crippen molar-refractivity contribution in [1.82, 2.24) is 0 Å². The number of hydrogen-bond acceptors (Lipinski definition) is 1. The summed E-state index contributed by atoms with van der Waals surface area (Å²) in [5.74, 6) is 0. The Hall–Kier alpha value is -0.530. The largest absolute Gasteiger partial charge is 0.386 e. The van der Waals surface area contributed by atoms with E-state index in [-0.39, 0.29) is 0 Å². The van der Waals surface area contributed by atoms with E-state index in [4.69, 9.17) is 11.6 Å². The van der Waals surface area contributed by atoms with Crippen LogP contribution in [0.4, 0.5) is 0 Å². The van der Waals surface area contributed by atoms with E-state index in [0.29, 0.717) is 5.02 Å². The Labute approximate surface area is 84.4 Å². The minimum atomic E-state index is -0.866. The van der Waals surface area contributed by atoms with Gasteiger partial charge in [0.2, 0.25) is 0 Å². The zero-order valence-corrected chi connectivity index (χ0v) is 9.24. The first-order valence-corrected chi connectivity index (χ1v) is 4.70. The van der Waals surface area contributed by atoms with Crippen molar-refractivity contribution in [2.75, 3.05) is 0 Å². The molecule has 1 N–H and O–H groups in total. The van der Waals surface area contributed by atoms with Crippen molar-refractivity contribution in [2.45, 2.75) is 33.3 Å². The SMILES string of the molecule is Cc1cc(Cl)c(C(C)(C)O)cc1C. The average Bonchev–Trinajstić information content (AvgIpc) is 1.94. The Bertz CT molecular complexity index is 324. The van der Waals surface area contributed by atoms with E-state index in [1.54, 1.807) is 13.8 Å². The molecule has 0 saturated heterocycles. The summed E-state index contributed by atoms with van der Waals surface area (Å²) in [6, 6.07) is 3.84. The molecule has 1 aromatic carbocycles. The summed E-state index contributed by atoms with van der Waals surface area (Å²) in [5.41, 5.74) is 2.23.